The molecule has 0 bridgehead atoms. The maximum absolute atomic E-state index is 10.7. The highest BCUT2D eigenvalue weighted by molar-refractivity contribution is 7.45. The number of hydrogen-bond donors (Lipinski definition) is 5. The van der Waals surface area contributed by atoms with Crippen LogP contribution in [0.25, 0.3) is 0 Å². The summed E-state index contributed by atoms with van der Waals surface area (Å²) in [5, 5.41) is 17.9. The molecule has 0 heterocycles. The number of rotatable bonds is 4. The molecule has 8 nitrogen and oxygen atoms in total. The third kappa shape index (κ3) is 21.0. The molecule has 0 amide bonds. The van der Waals surface area contributed by atoms with E-state index in [0.717, 1.165) is 0 Å². The van der Waals surface area contributed by atoms with Crippen LogP contribution in [-0.4, -0.2) is 43.1 Å². The summed E-state index contributed by atoms with van der Waals surface area (Å²) in [7, 11) is -4.64. The molecule has 0 aromatic rings. The van der Waals surface area contributed by atoms with Gasteiger partial charge in [0.05, 0.1) is 12.0 Å². The lowest BCUT2D eigenvalue weighted by molar-refractivity contribution is -0.142. The van der Waals surface area contributed by atoms with Gasteiger partial charge in [-0.25, -0.2) is 4.57 Å². The first-order valence-corrected chi connectivity index (χ1v) is 5.85. The third-order valence-corrected chi connectivity index (χ3v) is 1.35. The first-order chi connectivity index (χ1) is 7.52. The fourth-order valence-electron chi connectivity index (χ4n) is 0.742. The summed E-state index contributed by atoms with van der Waals surface area (Å²) in [5.41, 5.74) is -1.25. The van der Waals surface area contributed by atoms with Gasteiger partial charge >= 0.3 is 13.8 Å². The predicted molar refractivity (Wildman–Crippen MR) is 56.1 cm³/mol. The van der Waals surface area contributed by atoms with E-state index in [1.807, 2.05) is 0 Å². The molecule has 17 heavy (non-hydrogen) atoms. The zero-order valence-corrected chi connectivity index (χ0v) is 10.0. The van der Waals surface area contributed by atoms with Crippen molar-refractivity contribution in [1.29, 1.82) is 0 Å². The smallest absolute Gasteiger partial charge is 0.396 e. The molecular weight excluding hydrogens is 255 g/mol. The van der Waals surface area contributed by atoms with Gasteiger partial charge in [0.15, 0.2) is 0 Å². The first-order valence-electron chi connectivity index (χ1n) is 4.28. The van der Waals surface area contributed by atoms with E-state index in [9.17, 15) is 9.90 Å². The van der Waals surface area contributed by atoms with E-state index in [-0.39, 0.29) is 19.4 Å². The molecule has 0 saturated heterocycles. The molecule has 0 radical (unpaired) electrons. The normalized spacial score (nSPS) is 13.7. The Labute approximate surface area is 98.1 Å². The van der Waals surface area contributed by atoms with E-state index >= 15 is 0 Å². The number of aliphatic hydroxyl groups is 2. The minimum absolute atomic E-state index is 0.118. The molecule has 0 saturated carbocycles. The zero-order valence-electron chi connectivity index (χ0n) is 9.11. The first kappa shape index (κ1) is 18.4. The number of esters is 1. The third-order valence-electron chi connectivity index (χ3n) is 1.35. The summed E-state index contributed by atoms with van der Waals surface area (Å²) < 4.78 is 13.1. The van der Waals surface area contributed by atoms with Gasteiger partial charge in [-0.05, 0) is 13.3 Å². The number of ether oxygens (including phenoxy) is 1. The Morgan fingerprint density at radius 3 is 2.18 bits per heavy atom. The highest BCUT2D eigenvalue weighted by atomic mass is 31.2. The highest BCUT2D eigenvalue weighted by Crippen LogP contribution is 2.25. The maximum atomic E-state index is 10.7. The molecular formula is C8H15O8P. The fraction of sp³-hybridized carbons (Fsp3) is 0.625. The van der Waals surface area contributed by atoms with Gasteiger partial charge in [0, 0.05) is 6.61 Å². The Morgan fingerprint density at radius 2 is 1.88 bits per heavy atom. The summed E-state index contributed by atoms with van der Waals surface area (Å²) in [5.74, 6) is -0.670. The average molecular weight is 270 g/mol. The van der Waals surface area contributed by atoms with Crippen LogP contribution in [0.1, 0.15) is 19.8 Å². The van der Waals surface area contributed by atoms with Crippen molar-refractivity contribution in [3.63, 3.8) is 0 Å². The molecule has 0 rings (SSSR count). The van der Waals surface area contributed by atoms with Crippen molar-refractivity contribution in [2.75, 3.05) is 6.61 Å². The Bertz CT molecular complexity index is 304. The average Bonchev–Trinajstić information content (AvgIpc) is 1.98. The van der Waals surface area contributed by atoms with E-state index in [1.165, 1.54) is 6.92 Å². The molecule has 0 fully saturated rings. The Hall–Kier alpha value is -0.940. The number of terminal acetylenes is 1. The van der Waals surface area contributed by atoms with E-state index < -0.39 is 19.4 Å². The lowest BCUT2D eigenvalue weighted by atomic mass is 9.99. The molecule has 1 atom stereocenters. The van der Waals surface area contributed by atoms with Gasteiger partial charge in [-0.2, -0.15) is 0 Å². The second-order valence-corrected chi connectivity index (χ2v) is 4.28. The van der Waals surface area contributed by atoms with E-state index in [1.54, 1.807) is 6.11 Å². The summed E-state index contributed by atoms with van der Waals surface area (Å²) in [6.45, 7) is 1.25. The lowest BCUT2D eigenvalue weighted by Gasteiger charge is -2.19. The number of carbonyl (C=O) groups excluding carboxylic acids is 1. The SMILES string of the molecule is C#COC(=O)C[C@](C)(O)CCO.O=P(O)(O)O. The molecule has 9 heteroatoms. The fourth-order valence-corrected chi connectivity index (χ4v) is 0.742. The van der Waals surface area contributed by atoms with Crippen LogP contribution in [0.2, 0.25) is 0 Å². The monoisotopic (exact) mass is 270 g/mol. The van der Waals surface area contributed by atoms with Crippen LogP contribution in [0.4, 0.5) is 0 Å². The molecule has 0 spiro atoms. The van der Waals surface area contributed by atoms with E-state index in [2.05, 4.69) is 4.74 Å². The molecule has 100 valence electrons. The minimum atomic E-state index is -4.64. The van der Waals surface area contributed by atoms with Crippen LogP contribution in [0.15, 0.2) is 0 Å². The van der Waals surface area contributed by atoms with Crippen LogP contribution in [0, 0.1) is 12.5 Å². The van der Waals surface area contributed by atoms with Gasteiger partial charge in [0.2, 0.25) is 0 Å². The van der Waals surface area contributed by atoms with Gasteiger partial charge in [-0.3, -0.25) is 4.79 Å². The lowest BCUT2D eigenvalue weighted by Crippen LogP contribution is -2.29. The molecule has 0 aromatic carbocycles. The maximum Gasteiger partial charge on any atom is 0.466 e. The molecule has 5 N–H and O–H groups in total. The highest BCUT2D eigenvalue weighted by Gasteiger charge is 2.24. The van der Waals surface area contributed by atoms with Crippen molar-refractivity contribution in [1.82, 2.24) is 0 Å². The summed E-state index contributed by atoms with van der Waals surface area (Å²) in [6.07, 6.45) is 6.31. The van der Waals surface area contributed by atoms with Crippen molar-refractivity contribution >= 4 is 13.8 Å². The van der Waals surface area contributed by atoms with Crippen LogP contribution in [-0.2, 0) is 14.1 Å². The Morgan fingerprint density at radius 1 is 1.47 bits per heavy atom. The summed E-state index contributed by atoms with van der Waals surface area (Å²) >= 11 is 0. The zero-order chi connectivity index (χ0) is 14.1. The number of carbonyl (C=O) groups is 1. The van der Waals surface area contributed by atoms with Gasteiger partial charge in [0.1, 0.15) is 6.11 Å². The van der Waals surface area contributed by atoms with Crippen LogP contribution in [0.3, 0.4) is 0 Å². The Kier molecular flexibility index (Phi) is 8.88. The van der Waals surface area contributed by atoms with Crippen molar-refractivity contribution in [3.05, 3.63) is 0 Å². The van der Waals surface area contributed by atoms with Crippen LogP contribution in [0.5, 0.6) is 0 Å². The largest absolute Gasteiger partial charge is 0.466 e. The van der Waals surface area contributed by atoms with Crippen molar-refractivity contribution in [2.24, 2.45) is 0 Å². The van der Waals surface area contributed by atoms with Crippen molar-refractivity contribution in [2.45, 2.75) is 25.4 Å². The number of phosphoric acid groups is 1. The van der Waals surface area contributed by atoms with Gasteiger partial charge in [-0.15, -0.1) is 0 Å². The predicted octanol–water partition coefficient (Wildman–Crippen LogP) is -1.28. The van der Waals surface area contributed by atoms with Crippen molar-refractivity contribution < 1.29 is 39.0 Å². The summed E-state index contributed by atoms with van der Waals surface area (Å²) in [6, 6.07) is 0. The molecule has 0 aliphatic rings. The van der Waals surface area contributed by atoms with Gasteiger partial charge < -0.3 is 29.6 Å². The summed E-state index contributed by atoms with van der Waals surface area (Å²) in [4.78, 5) is 32.3. The van der Waals surface area contributed by atoms with Crippen LogP contribution < -0.4 is 0 Å². The van der Waals surface area contributed by atoms with Gasteiger partial charge in [-0.1, -0.05) is 6.42 Å². The van der Waals surface area contributed by atoms with Crippen molar-refractivity contribution in [3.8, 4) is 12.5 Å². The van der Waals surface area contributed by atoms with Crippen LogP contribution >= 0.6 is 7.82 Å². The quantitative estimate of drug-likeness (QED) is 0.241. The Balaban J connectivity index is 0. The topological polar surface area (TPSA) is 145 Å². The molecule has 0 unspecified atom stereocenters. The minimum Gasteiger partial charge on any atom is -0.396 e. The molecule has 0 aliphatic heterocycles. The standard InChI is InChI=1S/C8H12O4.H3O4P/c1-3-12-7(10)6-8(2,11)4-5-9;1-5(2,3)4/h1,9,11H,4-6H2,2H3;(H3,1,2,3,4)/t8-;/m1./s1. The van der Waals surface area contributed by atoms with E-state index in [0.29, 0.717) is 0 Å². The molecule has 0 aromatic heterocycles. The second kappa shape index (κ2) is 8.20. The van der Waals surface area contributed by atoms with E-state index in [4.69, 9.17) is 30.8 Å². The number of aliphatic hydroxyl groups excluding tert-OH is 1. The second-order valence-electron chi connectivity index (χ2n) is 3.25. The molecule has 0 aliphatic carbocycles. The number of hydrogen-bond acceptors (Lipinski definition) is 5. The van der Waals surface area contributed by atoms with Gasteiger partial charge in [0.25, 0.3) is 0 Å².